The van der Waals surface area contributed by atoms with Crippen molar-refractivity contribution in [3.63, 3.8) is 0 Å². The average molecular weight is 489 g/mol. The number of anilines is 1. The summed E-state index contributed by atoms with van der Waals surface area (Å²) in [7, 11) is 3.61. The number of halogens is 6. The molecule has 0 aliphatic carbocycles. The van der Waals surface area contributed by atoms with Gasteiger partial charge in [0.2, 0.25) is 11.7 Å². The van der Waals surface area contributed by atoms with Crippen LogP contribution in [0.15, 0.2) is 29.4 Å². The van der Waals surface area contributed by atoms with E-state index >= 15 is 0 Å². The topological polar surface area (TPSA) is 63.1 Å². The molecule has 1 aromatic heterocycles. The van der Waals surface area contributed by atoms with Gasteiger partial charge in [-0.15, -0.1) is 10.2 Å². The zero-order valence-corrected chi connectivity index (χ0v) is 18.3. The molecule has 0 unspecified atom stereocenters. The molecule has 1 amide bonds. The third-order valence-corrected chi connectivity index (χ3v) is 5.63. The van der Waals surface area contributed by atoms with Crippen LogP contribution in [-0.4, -0.2) is 45.4 Å². The molecule has 0 saturated carbocycles. The molecule has 176 valence electrons. The third-order valence-electron chi connectivity index (χ3n) is 4.70. The lowest BCUT2D eigenvalue weighted by Gasteiger charge is -2.20. The molecule has 6 nitrogen and oxygen atoms in total. The lowest BCUT2D eigenvalue weighted by atomic mass is 10.2. The van der Waals surface area contributed by atoms with Gasteiger partial charge in [-0.1, -0.05) is 11.8 Å². The fourth-order valence-corrected chi connectivity index (χ4v) is 3.49. The second-order valence-electron chi connectivity index (χ2n) is 7.07. The van der Waals surface area contributed by atoms with Gasteiger partial charge in [0, 0.05) is 5.69 Å². The first-order chi connectivity index (χ1) is 15.5. The maximum Gasteiger partial charge on any atom is 0.235 e. The summed E-state index contributed by atoms with van der Waals surface area (Å²) in [6.45, 7) is 1.84. The van der Waals surface area contributed by atoms with Gasteiger partial charge in [-0.05, 0) is 45.3 Å². The summed E-state index contributed by atoms with van der Waals surface area (Å²) >= 11 is 0.805. The van der Waals surface area contributed by atoms with Crippen molar-refractivity contribution in [3.8, 4) is 5.69 Å². The van der Waals surface area contributed by atoms with E-state index in [1.54, 1.807) is 24.0 Å². The molecule has 1 heterocycles. The van der Waals surface area contributed by atoms with Crippen LogP contribution < -0.4 is 5.32 Å². The van der Waals surface area contributed by atoms with Gasteiger partial charge in [0.05, 0.1) is 11.8 Å². The maximum absolute atomic E-state index is 13.8. The van der Waals surface area contributed by atoms with E-state index in [9.17, 15) is 31.1 Å². The Morgan fingerprint density at radius 3 is 2.06 bits per heavy atom. The molecule has 1 atom stereocenters. The Labute approximate surface area is 188 Å². The monoisotopic (exact) mass is 489 g/mol. The Kier molecular flexibility index (Phi) is 7.32. The van der Waals surface area contributed by atoms with Crippen LogP contribution in [0.3, 0.4) is 0 Å². The Morgan fingerprint density at radius 2 is 1.52 bits per heavy atom. The van der Waals surface area contributed by atoms with Crippen LogP contribution in [-0.2, 0) is 4.79 Å². The second kappa shape index (κ2) is 9.83. The highest BCUT2D eigenvalue weighted by Crippen LogP contribution is 2.29. The van der Waals surface area contributed by atoms with Gasteiger partial charge in [0.15, 0.2) is 34.2 Å². The number of nitrogens with zero attached hydrogens (tertiary/aromatic N) is 4. The van der Waals surface area contributed by atoms with E-state index in [1.807, 2.05) is 11.8 Å². The fraction of sp³-hybridized carbons (Fsp3) is 0.250. The SMILES string of the molecule is C[C@H](c1nnc(SCC(=O)Nc2c(F)c(F)c(F)c(F)c2F)n1-c1ccc(F)cc1)N(C)C. The highest BCUT2D eigenvalue weighted by Gasteiger charge is 2.27. The summed E-state index contributed by atoms with van der Waals surface area (Å²) in [6.07, 6.45) is 0. The lowest BCUT2D eigenvalue weighted by molar-refractivity contribution is -0.113. The van der Waals surface area contributed by atoms with Crippen LogP contribution in [0.25, 0.3) is 5.69 Å². The van der Waals surface area contributed by atoms with E-state index in [-0.39, 0.29) is 11.2 Å². The van der Waals surface area contributed by atoms with Crippen molar-refractivity contribution < 1.29 is 31.1 Å². The minimum Gasteiger partial charge on any atom is -0.320 e. The van der Waals surface area contributed by atoms with Gasteiger partial charge < -0.3 is 5.32 Å². The van der Waals surface area contributed by atoms with Gasteiger partial charge in [-0.2, -0.15) is 0 Å². The highest BCUT2D eigenvalue weighted by molar-refractivity contribution is 7.99. The normalized spacial score (nSPS) is 12.3. The molecule has 0 spiro atoms. The van der Waals surface area contributed by atoms with Crippen LogP contribution in [0.4, 0.5) is 32.0 Å². The van der Waals surface area contributed by atoms with E-state index in [1.165, 1.54) is 24.3 Å². The quantitative estimate of drug-likeness (QED) is 0.230. The van der Waals surface area contributed by atoms with Crippen molar-refractivity contribution in [1.29, 1.82) is 0 Å². The minimum absolute atomic E-state index is 0.192. The van der Waals surface area contributed by atoms with Crippen LogP contribution >= 0.6 is 11.8 Å². The number of carbonyl (C=O) groups is 1. The van der Waals surface area contributed by atoms with E-state index in [4.69, 9.17) is 0 Å². The average Bonchev–Trinajstić information content (AvgIpc) is 3.21. The van der Waals surface area contributed by atoms with Gasteiger partial charge >= 0.3 is 0 Å². The predicted molar refractivity (Wildman–Crippen MR) is 109 cm³/mol. The Hall–Kier alpha value is -3.06. The first-order valence-corrected chi connectivity index (χ1v) is 10.3. The molecule has 2 aromatic carbocycles. The molecule has 0 aliphatic rings. The summed E-state index contributed by atoms with van der Waals surface area (Å²) in [5, 5.41) is 10.0. The van der Waals surface area contributed by atoms with Gasteiger partial charge in [0.25, 0.3) is 0 Å². The molecule has 1 N–H and O–H groups in total. The zero-order chi connectivity index (χ0) is 24.4. The van der Waals surface area contributed by atoms with Crippen molar-refractivity contribution in [2.45, 2.75) is 18.1 Å². The largest absolute Gasteiger partial charge is 0.320 e. The second-order valence-corrected chi connectivity index (χ2v) is 8.02. The lowest BCUT2D eigenvalue weighted by Crippen LogP contribution is -2.21. The van der Waals surface area contributed by atoms with Crippen molar-refractivity contribution in [3.05, 3.63) is 65.0 Å². The van der Waals surface area contributed by atoms with Gasteiger partial charge in [-0.25, -0.2) is 26.3 Å². The van der Waals surface area contributed by atoms with E-state index in [2.05, 4.69) is 10.2 Å². The van der Waals surface area contributed by atoms with Crippen molar-refractivity contribution in [2.75, 3.05) is 25.2 Å². The molecule has 0 radical (unpaired) electrons. The van der Waals surface area contributed by atoms with Crippen molar-refractivity contribution in [2.24, 2.45) is 0 Å². The molecule has 3 aromatic rings. The number of amides is 1. The maximum atomic E-state index is 13.8. The van der Waals surface area contributed by atoms with Gasteiger partial charge in [-0.3, -0.25) is 14.3 Å². The molecule has 33 heavy (non-hydrogen) atoms. The highest BCUT2D eigenvalue weighted by atomic mass is 32.2. The smallest absolute Gasteiger partial charge is 0.235 e. The zero-order valence-electron chi connectivity index (χ0n) is 17.5. The number of rotatable bonds is 7. The molecule has 0 aliphatic heterocycles. The van der Waals surface area contributed by atoms with Crippen molar-refractivity contribution >= 4 is 23.4 Å². The number of thioether (sulfide) groups is 1. The Bertz CT molecular complexity index is 1160. The number of nitrogens with one attached hydrogen (secondary N) is 1. The van der Waals surface area contributed by atoms with Crippen LogP contribution in [0, 0.1) is 34.9 Å². The summed E-state index contributed by atoms with van der Waals surface area (Å²) in [6, 6.07) is 5.17. The third kappa shape index (κ3) is 4.98. The van der Waals surface area contributed by atoms with E-state index in [0.717, 1.165) is 11.8 Å². The molecule has 0 bridgehead atoms. The molecular weight excluding hydrogens is 472 g/mol. The standard InChI is InChI=1S/C20H17F6N5OS/c1-9(30(2)3)19-28-29-20(31(19)11-6-4-10(21)5-7-11)33-8-12(32)27-18-16(25)14(23)13(22)15(24)17(18)26/h4-7,9H,8H2,1-3H3,(H,27,32)/t9-/m1/s1. The van der Waals surface area contributed by atoms with Crippen LogP contribution in [0.1, 0.15) is 18.8 Å². The van der Waals surface area contributed by atoms with E-state index < -0.39 is 52.3 Å². The number of hydrogen-bond acceptors (Lipinski definition) is 5. The number of hydrogen-bond donors (Lipinski definition) is 1. The first-order valence-electron chi connectivity index (χ1n) is 9.34. The van der Waals surface area contributed by atoms with E-state index in [0.29, 0.717) is 11.5 Å². The molecular formula is C20H17F6N5OS. The fourth-order valence-electron chi connectivity index (χ4n) is 2.73. The first kappa shape index (κ1) is 24.6. The molecule has 13 heteroatoms. The van der Waals surface area contributed by atoms with Crippen LogP contribution in [0.5, 0.6) is 0 Å². The molecule has 0 fully saturated rings. The molecule has 3 rings (SSSR count). The van der Waals surface area contributed by atoms with Gasteiger partial charge in [0.1, 0.15) is 11.5 Å². The Balaban J connectivity index is 1.86. The van der Waals surface area contributed by atoms with Crippen molar-refractivity contribution in [1.82, 2.24) is 19.7 Å². The summed E-state index contributed by atoms with van der Waals surface area (Å²) < 4.78 is 82.4. The summed E-state index contributed by atoms with van der Waals surface area (Å²) in [5.41, 5.74) is -0.952. The number of benzene rings is 2. The minimum atomic E-state index is -2.33. The number of carbonyl (C=O) groups excluding carboxylic acids is 1. The molecule has 0 saturated heterocycles. The summed E-state index contributed by atoms with van der Waals surface area (Å²) in [5.74, 6) is -12.5. The Morgan fingerprint density at radius 1 is 0.970 bits per heavy atom. The van der Waals surface area contributed by atoms with Crippen LogP contribution in [0.2, 0.25) is 0 Å². The summed E-state index contributed by atoms with van der Waals surface area (Å²) in [4.78, 5) is 14.1. The predicted octanol–water partition coefficient (Wildman–Crippen LogP) is 4.46. The number of aromatic nitrogens is 3.